The molecule has 0 spiro atoms. The molecule has 1 aliphatic carbocycles. The number of allylic oxidation sites excluding steroid dienone is 3. The minimum atomic E-state index is -4.06. The third kappa shape index (κ3) is 5.17. The number of nitrogens with one attached hydrogen (secondary N) is 1. The molecule has 0 amide bonds. The third-order valence-electron chi connectivity index (χ3n) is 3.82. The number of carbonyl (C=O) groups is 1. The Morgan fingerprint density at radius 2 is 2.16 bits per heavy atom. The van der Waals surface area contributed by atoms with Gasteiger partial charge in [0.05, 0.1) is 5.69 Å². The van der Waals surface area contributed by atoms with Crippen molar-refractivity contribution in [3.63, 3.8) is 0 Å². The van der Waals surface area contributed by atoms with Crippen LogP contribution >= 0.6 is 0 Å². The summed E-state index contributed by atoms with van der Waals surface area (Å²) in [5, 5.41) is 8.50. The van der Waals surface area contributed by atoms with Crippen molar-refractivity contribution in [2.45, 2.75) is 38.0 Å². The van der Waals surface area contributed by atoms with Gasteiger partial charge in [0.2, 0.25) is 10.0 Å². The van der Waals surface area contributed by atoms with Crippen molar-refractivity contribution in [2.75, 3.05) is 11.9 Å². The number of primary sulfonamides is 1. The number of unbranched alkanes of at least 4 members (excludes halogenated alkanes) is 1. The number of aldehydes is 1. The van der Waals surface area contributed by atoms with E-state index in [9.17, 15) is 13.2 Å². The standard InChI is InChI=1S/C18H24N2O4S/c1-3-4-8-20-16-10-14(12-21)11-17(25(19,22)23)18(16)24-15-7-5-6-13(2)9-15/h5,7,9-13,20H,3-4,6,8H2,1-2H3,(H2,19,22,23). The highest BCUT2D eigenvalue weighted by atomic mass is 32.2. The molecule has 3 N–H and O–H groups in total. The SMILES string of the molecule is CCCCNc1cc(C=O)cc(S(N)(=O)=O)c1OC1=CC(C)CC=C1. The molecule has 1 unspecified atom stereocenters. The molecule has 0 aromatic heterocycles. The minimum Gasteiger partial charge on any atom is -0.454 e. The van der Waals surface area contributed by atoms with Gasteiger partial charge >= 0.3 is 0 Å². The maximum atomic E-state index is 12.0. The van der Waals surface area contributed by atoms with Gasteiger partial charge in [-0.15, -0.1) is 0 Å². The van der Waals surface area contributed by atoms with Crippen molar-refractivity contribution >= 4 is 22.0 Å². The minimum absolute atomic E-state index is 0.120. The Kier molecular flexibility index (Phi) is 6.39. The smallest absolute Gasteiger partial charge is 0.241 e. The molecule has 0 fully saturated rings. The lowest BCUT2D eigenvalue weighted by Gasteiger charge is -2.19. The molecule has 0 saturated carbocycles. The van der Waals surface area contributed by atoms with Crippen molar-refractivity contribution < 1.29 is 17.9 Å². The highest BCUT2D eigenvalue weighted by molar-refractivity contribution is 7.89. The van der Waals surface area contributed by atoms with Gasteiger partial charge in [0.15, 0.2) is 5.75 Å². The molecule has 1 aliphatic rings. The zero-order valence-corrected chi connectivity index (χ0v) is 15.3. The number of sulfonamides is 1. The maximum Gasteiger partial charge on any atom is 0.241 e. The van der Waals surface area contributed by atoms with E-state index in [4.69, 9.17) is 9.88 Å². The zero-order valence-electron chi connectivity index (χ0n) is 14.5. The van der Waals surface area contributed by atoms with Crippen molar-refractivity contribution in [3.8, 4) is 5.75 Å². The number of ether oxygens (including phenoxy) is 1. The van der Waals surface area contributed by atoms with Crippen molar-refractivity contribution in [1.82, 2.24) is 0 Å². The molecule has 136 valence electrons. The van der Waals surface area contributed by atoms with Crippen LogP contribution < -0.4 is 15.2 Å². The van der Waals surface area contributed by atoms with Gasteiger partial charge in [0.1, 0.15) is 16.9 Å². The van der Waals surface area contributed by atoms with Crippen LogP contribution in [-0.2, 0) is 10.0 Å². The van der Waals surface area contributed by atoms with Crippen molar-refractivity contribution in [1.29, 1.82) is 0 Å². The topological polar surface area (TPSA) is 98.5 Å². The summed E-state index contributed by atoms with van der Waals surface area (Å²) in [6.07, 6.45) is 9.07. The second-order valence-corrected chi connectivity index (χ2v) is 7.66. The first-order chi connectivity index (χ1) is 11.8. The first-order valence-corrected chi connectivity index (χ1v) is 9.86. The van der Waals surface area contributed by atoms with Crippen LogP contribution in [0.4, 0.5) is 5.69 Å². The lowest BCUT2D eigenvalue weighted by Crippen LogP contribution is -2.16. The van der Waals surface area contributed by atoms with E-state index < -0.39 is 10.0 Å². The second kappa shape index (κ2) is 8.31. The largest absolute Gasteiger partial charge is 0.454 e. The van der Waals surface area contributed by atoms with Crippen LogP contribution in [0.15, 0.2) is 41.0 Å². The molecule has 1 aromatic carbocycles. The fourth-order valence-electron chi connectivity index (χ4n) is 2.53. The first kappa shape index (κ1) is 19.2. The summed E-state index contributed by atoms with van der Waals surface area (Å²) >= 11 is 0. The van der Waals surface area contributed by atoms with Crippen LogP contribution in [0.5, 0.6) is 5.75 Å². The molecule has 25 heavy (non-hydrogen) atoms. The Morgan fingerprint density at radius 1 is 1.40 bits per heavy atom. The lowest BCUT2D eigenvalue weighted by molar-refractivity contribution is 0.112. The second-order valence-electron chi connectivity index (χ2n) is 6.13. The van der Waals surface area contributed by atoms with Crippen LogP contribution in [0.25, 0.3) is 0 Å². The Hall–Kier alpha value is -2.12. The highest BCUT2D eigenvalue weighted by Gasteiger charge is 2.22. The van der Waals surface area contributed by atoms with Gasteiger partial charge in [-0.1, -0.05) is 26.3 Å². The molecule has 0 saturated heterocycles. The van der Waals surface area contributed by atoms with Gasteiger partial charge in [-0.2, -0.15) is 0 Å². The summed E-state index contributed by atoms with van der Waals surface area (Å²) < 4.78 is 29.9. The van der Waals surface area contributed by atoms with E-state index in [2.05, 4.69) is 12.2 Å². The summed E-state index contributed by atoms with van der Waals surface area (Å²) in [4.78, 5) is 11.0. The van der Waals surface area contributed by atoms with Crippen LogP contribution in [0, 0.1) is 5.92 Å². The molecule has 1 aromatic rings. The molecule has 0 heterocycles. The molecular weight excluding hydrogens is 340 g/mol. The van der Waals surface area contributed by atoms with E-state index >= 15 is 0 Å². The fraction of sp³-hybridized carbons (Fsp3) is 0.389. The molecular formula is C18H24N2O4S. The molecule has 2 rings (SSSR count). The molecule has 1 atom stereocenters. The summed E-state index contributed by atoms with van der Waals surface area (Å²) in [6, 6.07) is 2.81. The number of rotatable bonds is 8. The van der Waals surface area contributed by atoms with Gasteiger partial charge in [-0.3, -0.25) is 4.79 Å². The average Bonchev–Trinajstić information content (AvgIpc) is 2.55. The van der Waals surface area contributed by atoms with Crippen molar-refractivity contribution in [2.24, 2.45) is 11.1 Å². The van der Waals surface area contributed by atoms with E-state index in [0.717, 1.165) is 19.3 Å². The summed E-state index contributed by atoms with van der Waals surface area (Å²) in [5.41, 5.74) is 0.659. The van der Waals surface area contributed by atoms with E-state index in [-0.39, 0.29) is 16.2 Å². The van der Waals surface area contributed by atoms with Crippen LogP contribution in [0.3, 0.4) is 0 Å². The van der Waals surface area contributed by atoms with Crippen LogP contribution in [0.2, 0.25) is 0 Å². The molecule has 0 aliphatic heterocycles. The number of hydrogen-bond donors (Lipinski definition) is 2. The van der Waals surface area contributed by atoms with E-state index in [0.29, 0.717) is 30.2 Å². The van der Waals surface area contributed by atoms with Gasteiger partial charge < -0.3 is 10.1 Å². The summed E-state index contributed by atoms with van der Waals surface area (Å²) in [5.74, 6) is 0.971. The Morgan fingerprint density at radius 3 is 2.76 bits per heavy atom. The van der Waals surface area contributed by atoms with Gasteiger partial charge in [-0.25, -0.2) is 13.6 Å². The number of hydrogen-bond acceptors (Lipinski definition) is 5. The molecule has 0 bridgehead atoms. The number of benzene rings is 1. The molecule has 6 nitrogen and oxygen atoms in total. The highest BCUT2D eigenvalue weighted by Crippen LogP contribution is 2.35. The Bertz CT molecular complexity index is 798. The predicted octanol–water partition coefficient (Wildman–Crippen LogP) is 3.22. The average molecular weight is 364 g/mol. The predicted molar refractivity (Wildman–Crippen MR) is 98.2 cm³/mol. The first-order valence-electron chi connectivity index (χ1n) is 8.31. The maximum absolute atomic E-state index is 12.0. The summed E-state index contributed by atoms with van der Waals surface area (Å²) in [7, 11) is -4.06. The van der Waals surface area contributed by atoms with Gasteiger partial charge in [-0.05, 0) is 43.0 Å². The van der Waals surface area contributed by atoms with E-state index in [1.54, 1.807) is 12.1 Å². The Labute approximate surface area is 148 Å². The van der Waals surface area contributed by atoms with Crippen LogP contribution in [0.1, 0.15) is 43.5 Å². The zero-order chi connectivity index (χ0) is 18.4. The van der Waals surface area contributed by atoms with E-state index in [1.807, 2.05) is 19.1 Å². The number of anilines is 1. The third-order valence-corrected chi connectivity index (χ3v) is 4.74. The van der Waals surface area contributed by atoms with Crippen LogP contribution in [-0.4, -0.2) is 21.2 Å². The normalized spacial score (nSPS) is 17.1. The lowest BCUT2D eigenvalue weighted by atomic mass is 10.0. The van der Waals surface area contributed by atoms with Crippen molar-refractivity contribution in [3.05, 3.63) is 41.7 Å². The number of nitrogens with two attached hydrogens (primary N) is 1. The van der Waals surface area contributed by atoms with E-state index in [1.165, 1.54) is 6.07 Å². The monoisotopic (exact) mass is 364 g/mol. The molecule has 0 radical (unpaired) electrons. The fourth-order valence-corrected chi connectivity index (χ4v) is 3.24. The number of carbonyl (C=O) groups excluding carboxylic acids is 1. The van der Waals surface area contributed by atoms with Gasteiger partial charge in [0, 0.05) is 12.1 Å². The Balaban J connectivity index is 2.51. The molecule has 7 heteroatoms. The quantitative estimate of drug-likeness (QED) is 0.545. The van der Waals surface area contributed by atoms with Gasteiger partial charge in [0.25, 0.3) is 0 Å². The summed E-state index contributed by atoms with van der Waals surface area (Å²) in [6.45, 7) is 4.73.